The quantitative estimate of drug-likeness (QED) is 0.897. The van der Waals surface area contributed by atoms with Crippen LogP contribution in [0.5, 0.6) is 0 Å². The molecule has 7 heteroatoms. The van der Waals surface area contributed by atoms with Crippen LogP contribution in [0.3, 0.4) is 0 Å². The predicted octanol–water partition coefficient (Wildman–Crippen LogP) is 2.32. The summed E-state index contributed by atoms with van der Waals surface area (Å²) in [6.45, 7) is 5.59. The van der Waals surface area contributed by atoms with Crippen LogP contribution < -0.4 is 5.32 Å². The topological polar surface area (TPSA) is 49.4 Å². The van der Waals surface area contributed by atoms with E-state index in [9.17, 15) is 12.8 Å². The second kappa shape index (κ2) is 7.54. The summed E-state index contributed by atoms with van der Waals surface area (Å²) in [6.07, 6.45) is 1.54. The van der Waals surface area contributed by atoms with Crippen LogP contribution in [-0.2, 0) is 10.0 Å². The van der Waals surface area contributed by atoms with Crippen LogP contribution in [-0.4, -0.2) is 38.4 Å². The molecule has 1 heterocycles. The Hall–Kier alpha value is -0.690. The summed E-state index contributed by atoms with van der Waals surface area (Å²) >= 11 is 0. The molecule has 1 fully saturated rings. The maximum Gasteiger partial charge on any atom is 0.243 e. The third-order valence-corrected chi connectivity index (χ3v) is 5.44. The molecule has 1 aromatic rings. The van der Waals surface area contributed by atoms with Crippen LogP contribution in [0.2, 0.25) is 0 Å². The normalized spacial score (nSPS) is 18.8. The first-order valence-electron chi connectivity index (χ1n) is 6.95. The van der Waals surface area contributed by atoms with Crippen molar-refractivity contribution in [3.63, 3.8) is 0 Å². The first-order valence-corrected chi connectivity index (χ1v) is 8.39. The number of hydrogen-bond donors (Lipinski definition) is 1. The number of aryl methyl sites for hydroxylation is 1. The zero-order valence-corrected chi connectivity index (χ0v) is 13.9. The lowest BCUT2D eigenvalue weighted by Gasteiger charge is -2.27. The molecular formula is C14H22ClFN2O2S. The molecule has 0 amide bonds. The van der Waals surface area contributed by atoms with Crippen LogP contribution in [0.15, 0.2) is 23.1 Å². The number of rotatable bonds is 5. The van der Waals surface area contributed by atoms with Crippen molar-refractivity contribution in [2.45, 2.75) is 37.6 Å². The molecular weight excluding hydrogens is 315 g/mol. The van der Waals surface area contributed by atoms with E-state index in [0.717, 1.165) is 25.5 Å². The summed E-state index contributed by atoms with van der Waals surface area (Å²) in [5.74, 6) is -0.510. The van der Waals surface area contributed by atoms with Crippen molar-refractivity contribution in [1.29, 1.82) is 0 Å². The van der Waals surface area contributed by atoms with Gasteiger partial charge in [0.2, 0.25) is 10.0 Å². The SMILES string of the molecule is CCCN(C1CCNC1)S(=O)(=O)c1cc(C)cc(F)c1.Cl. The second-order valence-corrected chi connectivity index (χ2v) is 7.12. The molecule has 1 aliphatic rings. The minimum atomic E-state index is -3.64. The van der Waals surface area contributed by atoms with Crippen LogP contribution in [0.25, 0.3) is 0 Å². The maximum atomic E-state index is 13.5. The summed E-state index contributed by atoms with van der Waals surface area (Å²) in [5.41, 5.74) is 0.615. The minimum absolute atomic E-state index is 0. The van der Waals surface area contributed by atoms with E-state index in [2.05, 4.69) is 5.32 Å². The van der Waals surface area contributed by atoms with Gasteiger partial charge in [-0.3, -0.25) is 0 Å². The lowest BCUT2D eigenvalue weighted by atomic mass is 10.2. The Balaban J connectivity index is 0.00000220. The van der Waals surface area contributed by atoms with E-state index < -0.39 is 15.8 Å². The number of nitrogens with zero attached hydrogens (tertiary/aromatic N) is 1. The fourth-order valence-electron chi connectivity index (χ4n) is 2.59. The van der Waals surface area contributed by atoms with Crippen molar-refractivity contribution in [2.24, 2.45) is 0 Å². The van der Waals surface area contributed by atoms with Crippen molar-refractivity contribution >= 4 is 22.4 Å². The number of halogens is 2. The number of nitrogens with one attached hydrogen (secondary N) is 1. The smallest absolute Gasteiger partial charge is 0.243 e. The zero-order valence-electron chi connectivity index (χ0n) is 12.3. The molecule has 1 atom stereocenters. The summed E-state index contributed by atoms with van der Waals surface area (Å²) in [6, 6.07) is 3.93. The van der Waals surface area contributed by atoms with Crippen LogP contribution in [0.1, 0.15) is 25.3 Å². The summed E-state index contributed by atoms with van der Waals surface area (Å²) in [7, 11) is -3.64. The fourth-order valence-corrected chi connectivity index (χ4v) is 4.45. The van der Waals surface area contributed by atoms with Gasteiger partial charge in [0.1, 0.15) is 5.82 Å². The second-order valence-electron chi connectivity index (χ2n) is 5.23. The summed E-state index contributed by atoms with van der Waals surface area (Å²) in [4.78, 5) is 0.0513. The number of sulfonamides is 1. The molecule has 0 radical (unpaired) electrons. The molecule has 21 heavy (non-hydrogen) atoms. The highest BCUT2D eigenvalue weighted by Gasteiger charge is 2.32. The fraction of sp³-hybridized carbons (Fsp3) is 0.571. The Kier molecular flexibility index (Phi) is 6.59. The van der Waals surface area contributed by atoms with Gasteiger partial charge >= 0.3 is 0 Å². The standard InChI is InChI=1S/C14H21FN2O2S.ClH/c1-3-6-17(13-4-5-16-10-13)20(18,19)14-8-11(2)7-12(15)9-14;/h7-9,13,16H,3-6,10H2,1-2H3;1H. The summed E-state index contributed by atoms with van der Waals surface area (Å²) < 4.78 is 40.5. The van der Waals surface area contributed by atoms with Gasteiger partial charge in [-0.25, -0.2) is 12.8 Å². The molecule has 1 unspecified atom stereocenters. The Bertz CT molecular complexity index is 554. The molecule has 1 aliphatic heterocycles. The van der Waals surface area contributed by atoms with Gasteiger partial charge in [-0.05, 0) is 50.1 Å². The van der Waals surface area contributed by atoms with Gasteiger partial charge in [0.25, 0.3) is 0 Å². The van der Waals surface area contributed by atoms with Crippen LogP contribution >= 0.6 is 12.4 Å². The van der Waals surface area contributed by atoms with Gasteiger partial charge in [0.15, 0.2) is 0 Å². The largest absolute Gasteiger partial charge is 0.315 e. The van der Waals surface area contributed by atoms with Crippen molar-refractivity contribution in [3.8, 4) is 0 Å². The molecule has 1 aromatic carbocycles. The minimum Gasteiger partial charge on any atom is -0.315 e. The number of benzene rings is 1. The Labute approximate surface area is 132 Å². The molecule has 0 spiro atoms. The molecule has 2 rings (SSSR count). The van der Waals surface area contributed by atoms with Gasteiger partial charge in [0.05, 0.1) is 4.90 Å². The van der Waals surface area contributed by atoms with Gasteiger partial charge in [-0.2, -0.15) is 4.31 Å². The average molecular weight is 337 g/mol. The molecule has 0 aromatic heterocycles. The van der Waals surface area contributed by atoms with E-state index in [1.165, 1.54) is 16.4 Å². The van der Waals surface area contributed by atoms with E-state index in [4.69, 9.17) is 0 Å². The molecule has 4 nitrogen and oxygen atoms in total. The highest BCUT2D eigenvalue weighted by molar-refractivity contribution is 7.89. The van der Waals surface area contributed by atoms with Crippen LogP contribution in [0.4, 0.5) is 4.39 Å². The highest BCUT2D eigenvalue weighted by atomic mass is 35.5. The van der Waals surface area contributed by atoms with Crippen molar-refractivity contribution in [2.75, 3.05) is 19.6 Å². The van der Waals surface area contributed by atoms with Crippen LogP contribution in [0, 0.1) is 12.7 Å². The molecule has 1 N–H and O–H groups in total. The van der Waals surface area contributed by atoms with Gasteiger partial charge in [-0.15, -0.1) is 12.4 Å². The van der Waals surface area contributed by atoms with E-state index >= 15 is 0 Å². The lowest BCUT2D eigenvalue weighted by molar-refractivity contribution is 0.335. The third kappa shape index (κ3) is 4.16. The predicted molar refractivity (Wildman–Crippen MR) is 83.8 cm³/mol. The summed E-state index contributed by atoms with van der Waals surface area (Å²) in [5, 5.41) is 3.18. The molecule has 1 saturated heterocycles. The first-order chi connectivity index (χ1) is 9.45. The molecule has 0 saturated carbocycles. The van der Waals surface area contributed by atoms with E-state index in [0.29, 0.717) is 18.7 Å². The Morgan fingerprint density at radius 3 is 2.62 bits per heavy atom. The monoisotopic (exact) mass is 336 g/mol. The van der Waals surface area contributed by atoms with Gasteiger partial charge in [0, 0.05) is 19.1 Å². The Morgan fingerprint density at radius 1 is 1.38 bits per heavy atom. The van der Waals surface area contributed by atoms with Crippen molar-refractivity contribution < 1.29 is 12.8 Å². The average Bonchev–Trinajstić information content (AvgIpc) is 2.88. The third-order valence-electron chi connectivity index (χ3n) is 3.51. The number of hydrogen-bond acceptors (Lipinski definition) is 3. The maximum absolute atomic E-state index is 13.5. The molecule has 120 valence electrons. The highest BCUT2D eigenvalue weighted by Crippen LogP contribution is 2.23. The van der Waals surface area contributed by atoms with Crippen molar-refractivity contribution in [3.05, 3.63) is 29.6 Å². The first kappa shape index (κ1) is 18.4. The molecule has 0 aliphatic carbocycles. The lowest BCUT2D eigenvalue weighted by Crippen LogP contribution is -2.42. The zero-order chi connectivity index (χ0) is 14.8. The molecule has 0 bridgehead atoms. The van der Waals surface area contributed by atoms with Gasteiger partial charge in [-0.1, -0.05) is 6.92 Å². The van der Waals surface area contributed by atoms with E-state index in [1.807, 2.05) is 6.92 Å². The van der Waals surface area contributed by atoms with Gasteiger partial charge < -0.3 is 5.32 Å². The van der Waals surface area contributed by atoms with E-state index in [-0.39, 0.29) is 23.3 Å². The Morgan fingerprint density at radius 2 is 2.10 bits per heavy atom. The van der Waals surface area contributed by atoms with Crippen molar-refractivity contribution in [1.82, 2.24) is 9.62 Å². The van der Waals surface area contributed by atoms with E-state index in [1.54, 1.807) is 6.92 Å².